The second kappa shape index (κ2) is 7.17. The molecule has 1 aliphatic heterocycles. The van der Waals surface area contributed by atoms with Crippen LogP contribution < -0.4 is 5.32 Å². The zero-order chi connectivity index (χ0) is 13.5. The molecule has 2 unspecified atom stereocenters. The number of urea groups is 1. The molecule has 0 bridgehead atoms. The van der Waals surface area contributed by atoms with Crippen molar-refractivity contribution in [3.63, 3.8) is 0 Å². The number of aliphatic carboxylic acids is 1. The zero-order valence-electron chi connectivity index (χ0n) is 10.7. The van der Waals surface area contributed by atoms with Crippen LogP contribution in [-0.4, -0.2) is 68.1 Å². The van der Waals surface area contributed by atoms with E-state index in [1.54, 1.807) is 12.0 Å². The molecule has 1 rings (SSSR count). The highest BCUT2D eigenvalue weighted by Gasteiger charge is 2.24. The number of hydrogen-bond donors (Lipinski definition) is 2. The molecule has 0 spiro atoms. The Bertz CT molecular complexity index is 297. The summed E-state index contributed by atoms with van der Waals surface area (Å²) in [6.07, 6.45) is 0.869. The monoisotopic (exact) mass is 260 g/mol. The van der Waals surface area contributed by atoms with Gasteiger partial charge in [-0.25, -0.2) is 9.59 Å². The summed E-state index contributed by atoms with van der Waals surface area (Å²) >= 11 is 0. The standard InChI is InChI=1S/C11H20N2O5/c1-17-8-4-3-5-13(7-8)11(16)12-6-9(18-2)10(14)15/h8-9H,3-7H2,1-2H3,(H,12,16)(H,14,15). The first-order valence-corrected chi connectivity index (χ1v) is 5.89. The predicted octanol–water partition coefficient (Wildman–Crippen LogP) is -0.0936. The molecule has 0 aliphatic carbocycles. The van der Waals surface area contributed by atoms with Crippen molar-refractivity contribution in [1.82, 2.24) is 10.2 Å². The second-order valence-electron chi connectivity index (χ2n) is 4.19. The van der Waals surface area contributed by atoms with Crippen LogP contribution in [0.4, 0.5) is 4.79 Å². The molecule has 7 nitrogen and oxygen atoms in total. The molecule has 0 radical (unpaired) electrons. The van der Waals surface area contributed by atoms with E-state index >= 15 is 0 Å². The molecular weight excluding hydrogens is 240 g/mol. The number of ether oxygens (including phenoxy) is 2. The number of nitrogens with zero attached hydrogens (tertiary/aromatic N) is 1. The molecule has 0 aromatic rings. The molecule has 0 aromatic heterocycles. The summed E-state index contributed by atoms with van der Waals surface area (Å²) in [5.74, 6) is -1.09. The number of carboxylic acid groups (broad SMARTS) is 1. The van der Waals surface area contributed by atoms with Gasteiger partial charge in [-0.1, -0.05) is 0 Å². The van der Waals surface area contributed by atoms with E-state index in [9.17, 15) is 9.59 Å². The van der Waals surface area contributed by atoms with Gasteiger partial charge >= 0.3 is 12.0 Å². The maximum absolute atomic E-state index is 11.8. The lowest BCUT2D eigenvalue weighted by Gasteiger charge is -2.32. The van der Waals surface area contributed by atoms with E-state index in [1.807, 2.05) is 0 Å². The van der Waals surface area contributed by atoms with Gasteiger partial charge in [0.1, 0.15) is 0 Å². The third-order valence-electron chi connectivity index (χ3n) is 3.00. The minimum absolute atomic E-state index is 0.0428. The molecule has 2 atom stereocenters. The van der Waals surface area contributed by atoms with E-state index in [2.05, 4.69) is 5.32 Å². The van der Waals surface area contributed by atoms with E-state index in [0.29, 0.717) is 13.1 Å². The Morgan fingerprint density at radius 2 is 2.22 bits per heavy atom. The van der Waals surface area contributed by atoms with Gasteiger partial charge in [-0.3, -0.25) is 0 Å². The average molecular weight is 260 g/mol. The highest BCUT2D eigenvalue weighted by molar-refractivity contribution is 5.77. The number of carbonyl (C=O) groups excluding carboxylic acids is 1. The van der Waals surface area contributed by atoms with Crippen LogP contribution in [-0.2, 0) is 14.3 Å². The molecule has 0 aromatic carbocycles. The summed E-state index contributed by atoms with van der Waals surface area (Å²) in [7, 11) is 2.92. The van der Waals surface area contributed by atoms with E-state index in [0.717, 1.165) is 12.8 Å². The highest BCUT2D eigenvalue weighted by atomic mass is 16.5. The fraction of sp³-hybridized carbons (Fsp3) is 0.818. The van der Waals surface area contributed by atoms with Crippen molar-refractivity contribution < 1.29 is 24.2 Å². The van der Waals surface area contributed by atoms with Gasteiger partial charge < -0.3 is 24.8 Å². The van der Waals surface area contributed by atoms with Crippen molar-refractivity contribution >= 4 is 12.0 Å². The first-order chi connectivity index (χ1) is 8.58. The molecule has 18 heavy (non-hydrogen) atoms. The summed E-state index contributed by atoms with van der Waals surface area (Å²) in [6.45, 7) is 1.16. The Morgan fingerprint density at radius 1 is 1.50 bits per heavy atom. The lowest BCUT2D eigenvalue weighted by molar-refractivity contribution is -0.148. The SMILES string of the molecule is COC1CCCN(C(=O)NCC(OC)C(=O)O)C1. The third-order valence-corrected chi connectivity index (χ3v) is 3.00. The van der Waals surface area contributed by atoms with Crippen molar-refractivity contribution in [2.24, 2.45) is 0 Å². The first kappa shape index (κ1) is 14.7. The number of rotatable bonds is 5. The molecule has 1 aliphatic rings. The lowest BCUT2D eigenvalue weighted by atomic mass is 10.1. The molecule has 104 valence electrons. The van der Waals surface area contributed by atoms with Crippen molar-refractivity contribution in [1.29, 1.82) is 0 Å². The van der Waals surface area contributed by atoms with Gasteiger partial charge in [0, 0.05) is 27.3 Å². The number of amides is 2. The Labute approximate surface area is 106 Å². The fourth-order valence-electron chi connectivity index (χ4n) is 1.88. The van der Waals surface area contributed by atoms with Gasteiger partial charge in [0.15, 0.2) is 6.10 Å². The van der Waals surface area contributed by atoms with Gasteiger partial charge in [-0.05, 0) is 12.8 Å². The van der Waals surface area contributed by atoms with E-state index in [-0.39, 0.29) is 18.7 Å². The van der Waals surface area contributed by atoms with Crippen molar-refractivity contribution in [3.8, 4) is 0 Å². The van der Waals surface area contributed by atoms with Gasteiger partial charge in [0.05, 0.1) is 12.6 Å². The predicted molar refractivity (Wildman–Crippen MR) is 63.4 cm³/mol. The maximum Gasteiger partial charge on any atom is 0.334 e. The number of hydrogen-bond acceptors (Lipinski definition) is 4. The quantitative estimate of drug-likeness (QED) is 0.721. The van der Waals surface area contributed by atoms with E-state index < -0.39 is 12.1 Å². The van der Waals surface area contributed by atoms with Crippen LogP contribution in [0.2, 0.25) is 0 Å². The van der Waals surface area contributed by atoms with Crippen LogP contribution in [0.1, 0.15) is 12.8 Å². The third kappa shape index (κ3) is 4.15. The number of carbonyl (C=O) groups is 2. The smallest absolute Gasteiger partial charge is 0.334 e. The lowest BCUT2D eigenvalue weighted by Crippen LogP contribution is -2.49. The summed E-state index contributed by atoms with van der Waals surface area (Å²) < 4.78 is 9.95. The van der Waals surface area contributed by atoms with Crippen LogP contribution in [0.25, 0.3) is 0 Å². The number of likely N-dealkylation sites (tertiary alicyclic amines) is 1. The summed E-state index contributed by atoms with van der Waals surface area (Å²) in [5, 5.41) is 11.3. The van der Waals surface area contributed by atoms with Crippen LogP contribution in [0.5, 0.6) is 0 Å². The largest absolute Gasteiger partial charge is 0.479 e. The Hall–Kier alpha value is -1.34. The van der Waals surface area contributed by atoms with E-state index in [1.165, 1.54) is 7.11 Å². The zero-order valence-corrected chi connectivity index (χ0v) is 10.7. The minimum Gasteiger partial charge on any atom is -0.479 e. The number of carboxylic acids is 1. The number of methoxy groups -OCH3 is 2. The normalized spacial score (nSPS) is 21.4. The van der Waals surface area contributed by atoms with Gasteiger partial charge in [-0.15, -0.1) is 0 Å². The van der Waals surface area contributed by atoms with Crippen molar-refractivity contribution in [2.45, 2.75) is 25.0 Å². The summed E-state index contributed by atoms with van der Waals surface area (Å²) in [6, 6.07) is -0.278. The minimum atomic E-state index is -1.09. The maximum atomic E-state index is 11.8. The Kier molecular flexibility index (Phi) is 5.87. The second-order valence-corrected chi connectivity index (χ2v) is 4.19. The van der Waals surface area contributed by atoms with Crippen LogP contribution >= 0.6 is 0 Å². The average Bonchev–Trinajstić information content (AvgIpc) is 2.38. The van der Waals surface area contributed by atoms with Gasteiger partial charge in [0.25, 0.3) is 0 Å². The van der Waals surface area contributed by atoms with Gasteiger partial charge in [-0.2, -0.15) is 0 Å². The molecule has 2 amide bonds. The Balaban J connectivity index is 2.38. The number of piperidine rings is 1. The molecule has 1 saturated heterocycles. The van der Waals surface area contributed by atoms with Crippen LogP contribution in [0.3, 0.4) is 0 Å². The molecule has 1 heterocycles. The Morgan fingerprint density at radius 3 is 2.78 bits per heavy atom. The van der Waals surface area contributed by atoms with Crippen molar-refractivity contribution in [3.05, 3.63) is 0 Å². The van der Waals surface area contributed by atoms with E-state index in [4.69, 9.17) is 14.6 Å². The van der Waals surface area contributed by atoms with Crippen molar-refractivity contribution in [2.75, 3.05) is 33.9 Å². The fourth-order valence-corrected chi connectivity index (χ4v) is 1.88. The first-order valence-electron chi connectivity index (χ1n) is 5.89. The molecule has 7 heteroatoms. The molecular formula is C11H20N2O5. The van der Waals surface area contributed by atoms with Gasteiger partial charge in [0.2, 0.25) is 0 Å². The molecule has 2 N–H and O–H groups in total. The van der Waals surface area contributed by atoms with Crippen LogP contribution in [0.15, 0.2) is 0 Å². The molecule has 0 saturated carbocycles. The molecule has 1 fully saturated rings. The highest BCUT2D eigenvalue weighted by Crippen LogP contribution is 2.12. The summed E-state index contributed by atoms with van der Waals surface area (Å²) in [5.41, 5.74) is 0. The van der Waals surface area contributed by atoms with Crippen LogP contribution in [0, 0.1) is 0 Å². The topological polar surface area (TPSA) is 88.1 Å². The summed E-state index contributed by atoms with van der Waals surface area (Å²) in [4.78, 5) is 24.2. The number of nitrogens with one attached hydrogen (secondary N) is 1.